The SMILES string of the molecule is Cc1cc([C@@H](C)NS(=O)C(C)(C)C)c2nc(-c3nccn3C)n(C)c(=O)c2c1. The Morgan fingerprint density at radius 1 is 1.18 bits per heavy atom. The summed E-state index contributed by atoms with van der Waals surface area (Å²) in [5.74, 6) is 1.12. The summed E-state index contributed by atoms with van der Waals surface area (Å²) in [5.41, 5.74) is 2.29. The van der Waals surface area contributed by atoms with Gasteiger partial charge in [0.2, 0.25) is 0 Å². The molecule has 2 heterocycles. The number of hydrogen-bond donors (Lipinski definition) is 1. The summed E-state index contributed by atoms with van der Waals surface area (Å²) >= 11 is 0. The lowest BCUT2D eigenvalue weighted by molar-refractivity contribution is 0.617. The molecular formula is C20H27N5O2S. The minimum absolute atomic E-state index is 0.128. The Balaban J connectivity index is 2.23. The van der Waals surface area contributed by atoms with Crippen LogP contribution in [0.25, 0.3) is 22.6 Å². The van der Waals surface area contributed by atoms with Crippen LogP contribution in [0.3, 0.4) is 0 Å². The maximum atomic E-state index is 13.1. The Labute approximate surface area is 167 Å². The largest absolute Gasteiger partial charge is 0.331 e. The van der Waals surface area contributed by atoms with E-state index in [2.05, 4.69) is 9.71 Å². The third-order valence-corrected chi connectivity index (χ3v) is 6.36. The molecule has 1 N–H and O–H groups in total. The van der Waals surface area contributed by atoms with Crippen molar-refractivity contribution in [1.82, 2.24) is 23.8 Å². The van der Waals surface area contributed by atoms with Crippen molar-refractivity contribution < 1.29 is 4.21 Å². The number of nitrogens with zero attached hydrogens (tertiary/aromatic N) is 4. The fourth-order valence-corrected chi connectivity index (χ4v) is 3.87. The molecule has 2 atom stereocenters. The van der Waals surface area contributed by atoms with E-state index in [9.17, 15) is 9.00 Å². The zero-order valence-corrected chi connectivity index (χ0v) is 18.2. The molecule has 0 amide bonds. The van der Waals surface area contributed by atoms with Crippen molar-refractivity contribution in [3.63, 3.8) is 0 Å². The molecule has 3 rings (SSSR count). The highest BCUT2D eigenvalue weighted by Crippen LogP contribution is 2.26. The highest BCUT2D eigenvalue weighted by molar-refractivity contribution is 7.84. The Kier molecular flexibility index (Phi) is 5.29. The molecule has 0 saturated carbocycles. The van der Waals surface area contributed by atoms with Gasteiger partial charge in [-0.15, -0.1) is 0 Å². The first-order valence-corrected chi connectivity index (χ1v) is 10.3. The standard InChI is InChI=1S/C20H27N5O2S/c1-12-10-14(13(2)23-28(27)20(3,4)5)16-15(11-12)19(26)25(7)18(22-16)17-21-8-9-24(17)6/h8-11,13,23H,1-7H3/t13-,28?/m1/s1. The topological polar surface area (TPSA) is 81.8 Å². The number of nitrogens with one attached hydrogen (secondary N) is 1. The predicted octanol–water partition coefficient (Wildman–Crippen LogP) is 2.76. The molecule has 1 unspecified atom stereocenters. The van der Waals surface area contributed by atoms with Crippen molar-refractivity contribution in [2.24, 2.45) is 14.1 Å². The van der Waals surface area contributed by atoms with Gasteiger partial charge >= 0.3 is 0 Å². The van der Waals surface area contributed by atoms with Crippen LogP contribution in [0, 0.1) is 6.92 Å². The Morgan fingerprint density at radius 2 is 1.86 bits per heavy atom. The number of fused-ring (bicyclic) bond motifs is 1. The van der Waals surface area contributed by atoms with Gasteiger partial charge in [-0.2, -0.15) is 0 Å². The quantitative estimate of drug-likeness (QED) is 0.729. The lowest BCUT2D eigenvalue weighted by Crippen LogP contribution is -2.35. The van der Waals surface area contributed by atoms with Crippen molar-refractivity contribution in [1.29, 1.82) is 0 Å². The summed E-state index contributed by atoms with van der Waals surface area (Å²) < 4.78 is 18.7. The minimum Gasteiger partial charge on any atom is -0.331 e. The molecule has 0 aliphatic carbocycles. The van der Waals surface area contributed by atoms with Crippen LogP contribution in [0.4, 0.5) is 0 Å². The van der Waals surface area contributed by atoms with E-state index in [-0.39, 0.29) is 11.6 Å². The molecule has 2 aromatic heterocycles. The average Bonchev–Trinajstić information content (AvgIpc) is 3.02. The second kappa shape index (κ2) is 7.25. The number of aryl methyl sites for hydroxylation is 2. The molecule has 7 nitrogen and oxygen atoms in total. The molecule has 3 aromatic rings. The van der Waals surface area contributed by atoms with Crippen LogP contribution in [0.1, 0.15) is 44.9 Å². The number of aromatic nitrogens is 4. The van der Waals surface area contributed by atoms with Crippen LogP contribution in [-0.4, -0.2) is 28.1 Å². The average molecular weight is 402 g/mol. The summed E-state index contributed by atoms with van der Waals surface area (Å²) in [6.45, 7) is 9.65. The van der Waals surface area contributed by atoms with Gasteiger partial charge in [-0.05, 0) is 51.8 Å². The summed E-state index contributed by atoms with van der Waals surface area (Å²) in [6.07, 6.45) is 3.50. The minimum atomic E-state index is -1.24. The summed E-state index contributed by atoms with van der Waals surface area (Å²) in [7, 11) is 2.33. The van der Waals surface area contributed by atoms with Gasteiger partial charge in [0.25, 0.3) is 5.56 Å². The van der Waals surface area contributed by atoms with E-state index in [1.54, 1.807) is 13.2 Å². The first-order chi connectivity index (χ1) is 13.0. The molecule has 0 saturated heterocycles. The molecule has 0 radical (unpaired) electrons. The Bertz CT molecular complexity index is 1120. The number of hydrogen-bond acceptors (Lipinski definition) is 4. The molecule has 8 heteroatoms. The fourth-order valence-electron chi connectivity index (χ4n) is 3.06. The smallest absolute Gasteiger partial charge is 0.261 e. The molecule has 150 valence electrons. The van der Waals surface area contributed by atoms with E-state index in [1.165, 1.54) is 4.57 Å². The summed E-state index contributed by atoms with van der Waals surface area (Å²) in [4.78, 5) is 22.2. The van der Waals surface area contributed by atoms with Gasteiger partial charge in [0.15, 0.2) is 11.6 Å². The van der Waals surface area contributed by atoms with Crippen LogP contribution in [0.5, 0.6) is 0 Å². The van der Waals surface area contributed by atoms with E-state index in [0.29, 0.717) is 22.6 Å². The van der Waals surface area contributed by atoms with Crippen molar-refractivity contribution in [3.8, 4) is 11.6 Å². The monoisotopic (exact) mass is 401 g/mol. The molecular weight excluding hydrogens is 374 g/mol. The lowest BCUT2D eigenvalue weighted by Gasteiger charge is -2.23. The fraction of sp³-hybridized carbons (Fsp3) is 0.450. The van der Waals surface area contributed by atoms with Gasteiger partial charge in [0.05, 0.1) is 26.6 Å². The first-order valence-electron chi connectivity index (χ1n) is 9.17. The molecule has 0 fully saturated rings. The first kappa shape index (κ1) is 20.4. The van der Waals surface area contributed by atoms with Crippen LogP contribution in [0.15, 0.2) is 29.3 Å². The summed E-state index contributed by atoms with van der Waals surface area (Å²) in [6, 6.07) is 3.61. The van der Waals surface area contributed by atoms with Crippen molar-refractivity contribution in [2.45, 2.75) is 45.4 Å². The predicted molar refractivity (Wildman–Crippen MR) is 113 cm³/mol. The van der Waals surface area contributed by atoms with E-state index < -0.39 is 15.7 Å². The maximum Gasteiger partial charge on any atom is 0.261 e. The highest BCUT2D eigenvalue weighted by Gasteiger charge is 2.24. The van der Waals surface area contributed by atoms with Crippen molar-refractivity contribution in [2.75, 3.05) is 0 Å². The van der Waals surface area contributed by atoms with E-state index in [1.807, 2.05) is 64.6 Å². The van der Waals surface area contributed by atoms with Gasteiger partial charge < -0.3 is 4.57 Å². The second-order valence-electron chi connectivity index (χ2n) is 8.13. The van der Waals surface area contributed by atoms with Crippen molar-refractivity contribution in [3.05, 3.63) is 46.0 Å². The highest BCUT2D eigenvalue weighted by atomic mass is 32.2. The molecule has 28 heavy (non-hydrogen) atoms. The third-order valence-electron chi connectivity index (χ3n) is 4.68. The molecule has 0 spiro atoms. The van der Waals surface area contributed by atoms with Gasteiger partial charge in [-0.1, -0.05) is 6.07 Å². The van der Waals surface area contributed by atoms with E-state index in [4.69, 9.17) is 4.98 Å². The summed E-state index contributed by atoms with van der Waals surface area (Å²) in [5, 5.41) is 0.547. The van der Waals surface area contributed by atoms with Crippen molar-refractivity contribution >= 4 is 21.9 Å². The maximum absolute atomic E-state index is 13.1. The Hall–Kier alpha value is -2.32. The van der Waals surface area contributed by atoms with Crippen LogP contribution < -0.4 is 10.3 Å². The van der Waals surface area contributed by atoms with Gasteiger partial charge in [0.1, 0.15) is 0 Å². The van der Waals surface area contributed by atoms with Gasteiger partial charge in [-0.25, -0.2) is 18.9 Å². The van der Waals surface area contributed by atoms with Gasteiger partial charge in [0, 0.05) is 32.5 Å². The van der Waals surface area contributed by atoms with Crippen LogP contribution in [0.2, 0.25) is 0 Å². The van der Waals surface area contributed by atoms with E-state index >= 15 is 0 Å². The molecule has 1 aromatic carbocycles. The number of rotatable bonds is 4. The normalized spacial score (nSPS) is 14.4. The third kappa shape index (κ3) is 3.66. The second-order valence-corrected chi connectivity index (χ2v) is 10.1. The van der Waals surface area contributed by atoms with Crippen LogP contribution in [-0.2, 0) is 25.1 Å². The number of imidazole rings is 1. The lowest BCUT2D eigenvalue weighted by atomic mass is 10.0. The Morgan fingerprint density at radius 3 is 2.43 bits per heavy atom. The molecule has 0 bridgehead atoms. The number of benzene rings is 1. The van der Waals surface area contributed by atoms with E-state index in [0.717, 1.165) is 11.1 Å². The molecule has 0 aliphatic rings. The van der Waals surface area contributed by atoms with Gasteiger partial charge in [-0.3, -0.25) is 9.36 Å². The molecule has 0 aliphatic heterocycles. The van der Waals surface area contributed by atoms with Crippen LogP contribution >= 0.6 is 0 Å². The zero-order chi connectivity index (χ0) is 20.8. The zero-order valence-electron chi connectivity index (χ0n) is 17.4.